The van der Waals surface area contributed by atoms with Crippen LogP contribution in [-0.4, -0.2) is 56.8 Å². The summed E-state index contributed by atoms with van der Waals surface area (Å²) in [5.41, 5.74) is 0.628. The summed E-state index contributed by atoms with van der Waals surface area (Å²) in [6.07, 6.45) is 1.31. The number of hydrogen-bond acceptors (Lipinski definition) is 5. The van der Waals surface area contributed by atoms with Crippen LogP contribution in [0.5, 0.6) is 5.75 Å². The van der Waals surface area contributed by atoms with E-state index >= 15 is 0 Å². The minimum Gasteiger partial charge on any atom is -0.491 e. The summed E-state index contributed by atoms with van der Waals surface area (Å²) < 4.78 is 15.5. The highest BCUT2D eigenvalue weighted by atomic mass is 16.5. The second-order valence-electron chi connectivity index (χ2n) is 5.68. The maximum atomic E-state index is 12.5. The molecule has 0 N–H and O–H groups in total. The first-order valence-corrected chi connectivity index (χ1v) is 8.33. The molecule has 1 fully saturated rings. The number of likely N-dealkylation sites (tertiary alicyclic amines) is 1. The number of carbonyl (C=O) groups excluding carboxylic acids is 2. The topological polar surface area (TPSA) is 65.1 Å². The highest BCUT2D eigenvalue weighted by Gasteiger charge is 2.28. The number of hydrogen-bond donors (Lipinski definition) is 0. The van der Waals surface area contributed by atoms with Crippen molar-refractivity contribution in [3.05, 3.63) is 29.8 Å². The Labute approximate surface area is 142 Å². The third-order valence-electron chi connectivity index (χ3n) is 4.06. The average molecular weight is 335 g/mol. The van der Waals surface area contributed by atoms with E-state index in [2.05, 4.69) is 0 Å². The van der Waals surface area contributed by atoms with Gasteiger partial charge in [-0.15, -0.1) is 0 Å². The smallest absolute Gasteiger partial charge is 0.309 e. The lowest BCUT2D eigenvalue weighted by molar-refractivity contribution is -0.149. The van der Waals surface area contributed by atoms with Crippen molar-refractivity contribution in [3.63, 3.8) is 0 Å². The van der Waals surface area contributed by atoms with E-state index in [-0.39, 0.29) is 17.8 Å². The lowest BCUT2D eigenvalue weighted by Crippen LogP contribution is -2.40. The summed E-state index contributed by atoms with van der Waals surface area (Å²) in [6, 6.07) is 7.10. The van der Waals surface area contributed by atoms with Crippen molar-refractivity contribution >= 4 is 11.9 Å². The van der Waals surface area contributed by atoms with Crippen LogP contribution in [0.25, 0.3) is 0 Å². The van der Waals surface area contributed by atoms with Crippen LogP contribution in [0.3, 0.4) is 0 Å². The van der Waals surface area contributed by atoms with Crippen molar-refractivity contribution < 1.29 is 23.8 Å². The van der Waals surface area contributed by atoms with Crippen LogP contribution in [0, 0.1) is 5.92 Å². The Morgan fingerprint density at radius 2 is 1.79 bits per heavy atom. The lowest BCUT2D eigenvalue weighted by atomic mass is 9.96. The van der Waals surface area contributed by atoms with Crippen LogP contribution < -0.4 is 4.74 Å². The zero-order valence-electron chi connectivity index (χ0n) is 14.3. The Hall–Kier alpha value is -2.08. The molecule has 132 valence electrons. The molecule has 0 aliphatic carbocycles. The number of benzene rings is 1. The molecule has 1 aromatic rings. The second-order valence-corrected chi connectivity index (χ2v) is 5.68. The molecule has 0 radical (unpaired) electrons. The quantitative estimate of drug-likeness (QED) is 0.564. The molecule has 6 heteroatoms. The fourth-order valence-electron chi connectivity index (χ4n) is 2.70. The summed E-state index contributed by atoms with van der Waals surface area (Å²) in [5.74, 6) is 0.457. The standard InChI is InChI=1S/C18H25NO5/c1-3-23-18(21)15-8-10-19(11-9-15)17(20)14-4-6-16(7-5-14)24-13-12-22-2/h4-7,15H,3,8-13H2,1-2H3. The van der Waals surface area contributed by atoms with Gasteiger partial charge in [0.15, 0.2) is 0 Å². The molecule has 0 spiro atoms. The summed E-state index contributed by atoms with van der Waals surface area (Å²) >= 11 is 0. The summed E-state index contributed by atoms with van der Waals surface area (Å²) in [5, 5.41) is 0. The number of methoxy groups -OCH3 is 1. The van der Waals surface area contributed by atoms with E-state index in [1.807, 2.05) is 0 Å². The number of ether oxygens (including phenoxy) is 3. The van der Waals surface area contributed by atoms with Gasteiger partial charge in [-0.2, -0.15) is 0 Å². The number of nitrogens with zero attached hydrogens (tertiary/aromatic N) is 1. The van der Waals surface area contributed by atoms with Crippen molar-refractivity contribution in [2.45, 2.75) is 19.8 Å². The van der Waals surface area contributed by atoms with E-state index in [0.29, 0.717) is 57.1 Å². The van der Waals surface area contributed by atoms with E-state index in [1.165, 1.54) is 0 Å². The van der Waals surface area contributed by atoms with Crippen LogP contribution in [-0.2, 0) is 14.3 Å². The van der Waals surface area contributed by atoms with E-state index < -0.39 is 0 Å². The number of rotatable bonds is 7. The van der Waals surface area contributed by atoms with E-state index in [0.717, 1.165) is 0 Å². The molecule has 1 heterocycles. The molecule has 1 amide bonds. The third-order valence-corrected chi connectivity index (χ3v) is 4.06. The number of esters is 1. The van der Waals surface area contributed by atoms with Gasteiger partial charge in [-0.05, 0) is 44.0 Å². The fraction of sp³-hybridized carbons (Fsp3) is 0.556. The molecular formula is C18H25NO5. The predicted molar refractivity (Wildman–Crippen MR) is 89.1 cm³/mol. The van der Waals surface area contributed by atoms with Gasteiger partial charge in [-0.1, -0.05) is 0 Å². The van der Waals surface area contributed by atoms with Crippen molar-refractivity contribution in [2.75, 3.05) is 40.0 Å². The van der Waals surface area contributed by atoms with Crippen LogP contribution in [0.2, 0.25) is 0 Å². The van der Waals surface area contributed by atoms with Gasteiger partial charge in [0.05, 0.1) is 19.1 Å². The second kappa shape index (κ2) is 9.27. The monoisotopic (exact) mass is 335 g/mol. The van der Waals surface area contributed by atoms with Crippen molar-refractivity contribution in [3.8, 4) is 5.75 Å². The molecule has 0 aromatic heterocycles. The zero-order valence-corrected chi connectivity index (χ0v) is 14.3. The molecule has 1 aliphatic rings. The van der Waals surface area contributed by atoms with Gasteiger partial charge >= 0.3 is 5.97 Å². The number of amides is 1. The molecule has 2 rings (SSSR count). The van der Waals surface area contributed by atoms with Crippen molar-refractivity contribution in [2.24, 2.45) is 5.92 Å². The summed E-state index contributed by atoms with van der Waals surface area (Å²) in [6.45, 7) is 4.36. The maximum Gasteiger partial charge on any atom is 0.309 e. The SMILES string of the molecule is CCOC(=O)C1CCN(C(=O)c2ccc(OCCOC)cc2)CC1. The minimum absolute atomic E-state index is 0.0132. The molecule has 1 aromatic carbocycles. The maximum absolute atomic E-state index is 12.5. The highest BCUT2D eigenvalue weighted by Crippen LogP contribution is 2.21. The molecular weight excluding hydrogens is 310 g/mol. The molecule has 6 nitrogen and oxygen atoms in total. The highest BCUT2D eigenvalue weighted by molar-refractivity contribution is 5.94. The first-order valence-electron chi connectivity index (χ1n) is 8.33. The molecule has 1 saturated heterocycles. The number of carbonyl (C=O) groups is 2. The van der Waals surface area contributed by atoms with Crippen LogP contribution in [0.4, 0.5) is 0 Å². The van der Waals surface area contributed by atoms with Gasteiger partial charge in [-0.3, -0.25) is 9.59 Å². The first kappa shape index (κ1) is 18.3. The normalized spacial score (nSPS) is 15.2. The van der Waals surface area contributed by atoms with Gasteiger partial charge in [0, 0.05) is 25.8 Å². The molecule has 0 saturated carbocycles. The molecule has 24 heavy (non-hydrogen) atoms. The van der Waals surface area contributed by atoms with Crippen molar-refractivity contribution in [1.29, 1.82) is 0 Å². The molecule has 1 aliphatic heterocycles. The van der Waals surface area contributed by atoms with Gasteiger partial charge in [0.25, 0.3) is 5.91 Å². The largest absolute Gasteiger partial charge is 0.491 e. The summed E-state index contributed by atoms with van der Waals surface area (Å²) in [7, 11) is 1.62. The zero-order chi connectivity index (χ0) is 17.4. The Bertz CT molecular complexity index is 535. The first-order chi connectivity index (χ1) is 11.7. The van der Waals surface area contributed by atoms with Gasteiger partial charge < -0.3 is 19.1 Å². The predicted octanol–water partition coefficient (Wildman–Crippen LogP) is 2.13. The van der Waals surface area contributed by atoms with Gasteiger partial charge in [0.2, 0.25) is 0 Å². The van der Waals surface area contributed by atoms with E-state index in [9.17, 15) is 9.59 Å². The van der Waals surface area contributed by atoms with E-state index in [1.54, 1.807) is 43.2 Å². The minimum atomic E-state index is -0.151. The van der Waals surface area contributed by atoms with E-state index in [4.69, 9.17) is 14.2 Å². The molecule has 0 atom stereocenters. The Morgan fingerprint density at radius 1 is 1.12 bits per heavy atom. The van der Waals surface area contributed by atoms with Gasteiger partial charge in [-0.25, -0.2) is 0 Å². The number of piperidine rings is 1. The lowest BCUT2D eigenvalue weighted by Gasteiger charge is -2.31. The average Bonchev–Trinajstić information content (AvgIpc) is 2.62. The van der Waals surface area contributed by atoms with Crippen LogP contribution in [0.1, 0.15) is 30.1 Å². The Morgan fingerprint density at radius 3 is 2.38 bits per heavy atom. The third kappa shape index (κ3) is 4.96. The Balaban J connectivity index is 1.85. The van der Waals surface area contributed by atoms with Crippen molar-refractivity contribution in [1.82, 2.24) is 4.90 Å². The summed E-state index contributed by atoms with van der Waals surface area (Å²) in [4.78, 5) is 26.1. The van der Waals surface area contributed by atoms with Crippen LogP contribution >= 0.6 is 0 Å². The van der Waals surface area contributed by atoms with Crippen LogP contribution in [0.15, 0.2) is 24.3 Å². The molecule has 0 bridgehead atoms. The fourth-order valence-corrected chi connectivity index (χ4v) is 2.70. The Kier molecular flexibility index (Phi) is 7.06. The van der Waals surface area contributed by atoms with Gasteiger partial charge in [0.1, 0.15) is 12.4 Å². The molecule has 0 unspecified atom stereocenters.